The van der Waals surface area contributed by atoms with Gasteiger partial charge in [-0.15, -0.1) is 0 Å². The minimum absolute atomic E-state index is 0.156. The summed E-state index contributed by atoms with van der Waals surface area (Å²) in [6, 6.07) is 4.95. The second kappa shape index (κ2) is 7.98. The van der Waals surface area contributed by atoms with Crippen molar-refractivity contribution >= 4 is 21.5 Å². The molecule has 0 spiro atoms. The molecule has 2 aromatic heterocycles. The maximum atomic E-state index is 13.0. The lowest BCUT2D eigenvalue weighted by atomic mass is 9.94. The number of sulfonamides is 1. The number of aryl methyl sites for hydroxylation is 2. The third-order valence-corrected chi connectivity index (χ3v) is 7.26. The van der Waals surface area contributed by atoms with Crippen molar-refractivity contribution in [3.8, 4) is 11.3 Å². The number of aromatic nitrogens is 3. The summed E-state index contributed by atoms with van der Waals surface area (Å²) in [5.41, 5.74) is 9.92. The second-order valence-electron chi connectivity index (χ2n) is 7.91. The molecule has 0 bridgehead atoms. The SMILES string of the molecule is CCc1cn2c(-c3cc(S(=O)(=O)NC4CCC(O)CC4)ccc3C)cnc2c(N)n1. The standard InChI is InChI=1S/C21H27N5O3S/c1-3-14-12-26-19(11-23-21(26)20(22)24-14)18-10-17(9-4-13(18)2)30(28,29)25-15-5-7-16(27)8-6-15/h4,9-12,15-16,25,27H,3,5-8H2,1-2H3,(H2,22,24). The molecule has 0 unspecified atom stereocenters. The number of aliphatic hydroxyl groups is 1. The Bertz CT molecular complexity index is 1180. The van der Waals surface area contributed by atoms with Crippen LogP contribution in [-0.4, -0.2) is 40.0 Å². The molecule has 0 radical (unpaired) electrons. The summed E-state index contributed by atoms with van der Waals surface area (Å²) in [7, 11) is -3.68. The van der Waals surface area contributed by atoms with Crippen LogP contribution in [0.2, 0.25) is 0 Å². The number of fused-ring (bicyclic) bond motifs is 1. The van der Waals surface area contributed by atoms with Gasteiger partial charge in [-0.3, -0.25) is 4.40 Å². The van der Waals surface area contributed by atoms with Crippen molar-refractivity contribution in [3.63, 3.8) is 0 Å². The van der Waals surface area contributed by atoms with Crippen molar-refractivity contribution in [2.24, 2.45) is 0 Å². The van der Waals surface area contributed by atoms with E-state index in [4.69, 9.17) is 5.73 Å². The molecule has 1 fully saturated rings. The lowest BCUT2D eigenvalue weighted by molar-refractivity contribution is 0.120. The second-order valence-corrected chi connectivity index (χ2v) is 9.63. The van der Waals surface area contributed by atoms with Crippen LogP contribution >= 0.6 is 0 Å². The number of hydrogen-bond acceptors (Lipinski definition) is 6. The number of nitrogens with two attached hydrogens (primary N) is 1. The zero-order valence-corrected chi connectivity index (χ0v) is 18.0. The molecular weight excluding hydrogens is 402 g/mol. The molecule has 2 heterocycles. The van der Waals surface area contributed by atoms with Crippen molar-refractivity contribution in [2.75, 3.05) is 5.73 Å². The topological polar surface area (TPSA) is 123 Å². The number of nitrogens with one attached hydrogen (secondary N) is 1. The molecule has 1 aliphatic rings. The smallest absolute Gasteiger partial charge is 0.240 e. The Morgan fingerprint density at radius 2 is 2.00 bits per heavy atom. The third kappa shape index (κ3) is 3.92. The Morgan fingerprint density at radius 3 is 2.70 bits per heavy atom. The van der Waals surface area contributed by atoms with Crippen LogP contribution in [0.4, 0.5) is 5.82 Å². The first-order chi connectivity index (χ1) is 14.3. The van der Waals surface area contributed by atoms with Crippen molar-refractivity contribution < 1.29 is 13.5 Å². The van der Waals surface area contributed by atoms with E-state index in [9.17, 15) is 13.5 Å². The van der Waals surface area contributed by atoms with Gasteiger partial charge in [0.25, 0.3) is 0 Å². The first-order valence-corrected chi connectivity index (χ1v) is 11.7. The van der Waals surface area contributed by atoms with Crippen LogP contribution in [0.1, 0.15) is 43.9 Å². The number of rotatable bonds is 5. The third-order valence-electron chi connectivity index (χ3n) is 5.74. The molecule has 0 saturated heterocycles. The molecule has 1 aromatic carbocycles. The normalized spacial score (nSPS) is 20.0. The fourth-order valence-corrected chi connectivity index (χ4v) is 5.29. The lowest BCUT2D eigenvalue weighted by Gasteiger charge is -2.26. The van der Waals surface area contributed by atoms with E-state index in [0.717, 1.165) is 28.9 Å². The number of anilines is 1. The maximum Gasteiger partial charge on any atom is 0.240 e. The molecule has 30 heavy (non-hydrogen) atoms. The van der Waals surface area contributed by atoms with Crippen LogP contribution < -0.4 is 10.5 Å². The number of aliphatic hydroxyl groups excluding tert-OH is 1. The Kier molecular flexibility index (Phi) is 5.52. The quantitative estimate of drug-likeness (QED) is 0.572. The van der Waals surface area contributed by atoms with E-state index in [1.807, 2.05) is 24.4 Å². The predicted octanol–water partition coefficient (Wildman–Crippen LogP) is 2.43. The van der Waals surface area contributed by atoms with Gasteiger partial charge in [0.15, 0.2) is 11.5 Å². The first-order valence-electron chi connectivity index (χ1n) is 10.2. The molecule has 4 rings (SSSR count). The Hall–Kier alpha value is -2.49. The molecular formula is C21H27N5O3S. The average molecular weight is 430 g/mol. The van der Waals surface area contributed by atoms with Crippen molar-refractivity contribution in [1.29, 1.82) is 0 Å². The van der Waals surface area contributed by atoms with Crippen LogP contribution in [0, 0.1) is 6.92 Å². The van der Waals surface area contributed by atoms with Crippen LogP contribution in [0.5, 0.6) is 0 Å². The van der Waals surface area contributed by atoms with Gasteiger partial charge < -0.3 is 10.8 Å². The largest absolute Gasteiger partial charge is 0.393 e. The summed E-state index contributed by atoms with van der Waals surface area (Å²) in [5.74, 6) is 0.350. The first kappa shape index (κ1) is 20.8. The summed E-state index contributed by atoms with van der Waals surface area (Å²) >= 11 is 0. The number of nitrogen functional groups attached to an aromatic ring is 1. The van der Waals surface area contributed by atoms with Gasteiger partial charge in [0, 0.05) is 17.8 Å². The van der Waals surface area contributed by atoms with Gasteiger partial charge in [-0.1, -0.05) is 13.0 Å². The highest BCUT2D eigenvalue weighted by Gasteiger charge is 2.25. The van der Waals surface area contributed by atoms with E-state index in [0.29, 0.717) is 37.1 Å². The number of benzene rings is 1. The Balaban J connectivity index is 1.72. The average Bonchev–Trinajstić information content (AvgIpc) is 3.14. The molecule has 1 aliphatic carbocycles. The van der Waals surface area contributed by atoms with Gasteiger partial charge in [-0.25, -0.2) is 23.1 Å². The van der Waals surface area contributed by atoms with Crippen LogP contribution in [0.25, 0.3) is 16.9 Å². The van der Waals surface area contributed by atoms with Crippen LogP contribution in [0.3, 0.4) is 0 Å². The number of hydrogen-bond donors (Lipinski definition) is 3. The highest BCUT2D eigenvalue weighted by molar-refractivity contribution is 7.89. The Labute approximate surface area is 176 Å². The summed E-state index contributed by atoms with van der Waals surface area (Å²) in [4.78, 5) is 8.95. The molecule has 4 N–H and O–H groups in total. The van der Waals surface area contributed by atoms with E-state index >= 15 is 0 Å². The highest BCUT2D eigenvalue weighted by atomic mass is 32.2. The van der Waals surface area contributed by atoms with Crippen LogP contribution in [0.15, 0.2) is 35.5 Å². The van der Waals surface area contributed by atoms with E-state index in [2.05, 4.69) is 14.7 Å². The van der Waals surface area contributed by atoms with Gasteiger partial charge in [0.2, 0.25) is 10.0 Å². The maximum absolute atomic E-state index is 13.0. The van der Waals surface area contributed by atoms with E-state index in [-0.39, 0.29) is 17.0 Å². The molecule has 1 saturated carbocycles. The van der Waals surface area contributed by atoms with E-state index in [1.54, 1.807) is 24.4 Å². The fraction of sp³-hybridized carbons (Fsp3) is 0.429. The molecule has 160 valence electrons. The van der Waals surface area contributed by atoms with Crippen molar-refractivity contribution in [2.45, 2.75) is 63.0 Å². The summed E-state index contributed by atoms with van der Waals surface area (Å²) in [5, 5.41) is 9.66. The minimum atomic E-state index is -3.68. The van der Waals surface area contributed by atoms with Crippen molar-refractivity contribution in [3.05, 3.63) is 41.9 Å². The van der Waals surface area contributed by atoms with Crippen molar-refractivity contribution in [1.82, 2.24) is 19.1 Å². The highest BCUT2D eigenvalue weighted by Crippen LogP contribution is 2.29. The predicted molar refractivity (Wildman–Crippen MR) is 116 cm³/mol. The minimum Gasteiger partial charge on any atom is -0.393 e. The molecule has 3 aromatic rings. The molecule has 0 amide bonds. The Morgan fingerprint density at radius 1 is 1.27 bits per heavy atom. The summed E-state index contributed by atoms with van der Waals surface area (Å²) in [6.07, 6.45) is 6.48. The van der Waals surface area contributed by atoms with Crippen LogP contribution in [-0.2, 0) is 16.4 Å². The lowest BCUT2D eigenvalue weighted by Crippen LogP contribution is -2.38. The van der Waals surface area contributed by atoms with E-state index < -0.39 is 10.0 Å². The zero-order valence-electron chi connectivity index (χ0n) is 17.2. The van der Waals surface area contributed by atoms with Gasteiger partial charge in [-0.2, -0.15) is 0 Å². The van der Waals surface area contributed by atoms with E-state index in [1.165, 1.54) is 0 Å². The summed E-state index contributed by atoms with van der Waals surface area (Å²) in [6.45, 7) is 3.94. The van der Waals surface area contributed by atoms with Gasteiger partial charge in [-0.05, 0) is 56.7 Å². The molecule has 8 nitrogen and oxygen atoms in total. The van der Waals surface area contributed by atoms with Gasteiger partial charge in [0.1, 0.15) is 0 Å². The number of nitrogens with zero attached hydrogens (tertiary/aromatic N) is 3. The number of imidazole rings is 1. The molecule has 9 heteroatoms. The fourth-order valence-electron chi connectivity index (χ4n) is 3.96. The molecule has 0 atom stereocenters. The monoisotopic (exact) mass is 429 g/mol. The molecule has 0 aliphatic heterocycles. The van der Waals surface area contributed by atoms with Gasteiger partial charge in [0.05, 0.1) is 28.6 Å². The summed E-state index contributed by atoms with van der Waals surface area (Å²) < 4.78 is 30.7. The van der Waals surface area contributed by atoms with Gasteiger partial charge >= 0.3 is 0 Å². The zero-order chi connectivity index (χ0) is 21.5.